The number of benzene rings is 1. The van der Waals surface area contributed by atoms with E-state index in [1.807, 2.05) is 0 Å². The minimum atomic E-state index is -4.41. The summed E-state index contributed by atoms with van der Waals surface area (Å²) < 4.78 is 53.5. The summed E-state index contributed by atoms with van der Waals surface area (Å²) in [4.78, 5) is 84.3. The van der Waals surface area contributed by atoms with E-state index in [1.54, 1.807) is 51.2 Å². The predicted octanol–water partition coefficient (Wildman–Crippen LogP) is -0.937. The van der Waals surface area contributed by atoms with Crippen LogP contribution in [0.2, 0.25) is 0 Å². The molecule has 1 aliphatic heterocycles. The van der Waals surface area contributed by atoms with Crippen molar-refractivity contribution in [3.63, 3.8) is 0 Å². The molecule has 0 aliphatic carbocycles. The molecular weight excluding hydrogens is 730 g/mol. The van der Waals surface area contributed by atoms with Gasteiger partial charge in [-0.2, -0.15) is 5.48 Å². The van der Waals surface area contributed by atoms with Crippen molar-refractivity contribution in [2.24, 2.45) is 0 Å². The molecule has 21 heteroatoms. The highest BCUT2D eigenvalue weighted by atomic mass is 32.2. The van der Waals surface area contributed by atoms with E-state index < -0.39 is 122 Å². The lowest BCUT2D eigenvalue weighted by atomic mass is 9.87. The number of carbonyl (C=O) groups is 6. The van der Waals surface area contributed by atoms with Gasteiger partial charge in [0.05, 0.1) is 5.60 Å². The van der Waals surface area contributed by atoms with Crippen LogP contribution in [-0.2, 0) is 63.7 Å². The molecule has 0 bridgehead atoms. The van der Waals surface area contributed by atoms with Gasteiger partial charge in [0.1, 0.15) is 12.1 Å². The lowest BCUT2D eigenvalue weighted by Crippen LogP contribution is -2.83. The molecule has 2 heterocycles. The van der Waals surface area contributed by atoms with Crippen LogP contribution in [0.3, 0.4) is 0 Å². The summed E-state index contributed by atoms with van der Waals surface area (Å²) in [5, 5.41) is 59.5. The largest absolute Gasteiger partial charge is 0.480 e. The average molecular weight is 778 g/mol. The first kappa shape index (κ1) is 37.0. The quantitative estimate of drug-likeness (QED) is 0.0468. The average Bonchev–Trinajstić information content (AvgIpc) is 3.56. The highest BCUT2D eigenvalue weighted by molar-refractivity contribution is 7.99. The number of carboxylic acids is 1. The monoisotopic (exact) mass is 777 g/mol. The maximum absolute atomic E-state index is 13.7. The minimum Gasteiger partial charge on any atom is -0.480 e. The number of aliphatic hydroxyl groups excluding tert-OH is 1. The number of carboxylic acid groups (broad SMARTS) is 1. The fourth-order valence-electron chi connectivity index (χ4n) is 5.03. The summed E-state index contributed by atoms with van der Waals surface area (Å²) in [5.41, 5.74) is 0.548. The van der Waals surface area contributed by atoms with Crippen LogP contribution in [0.15, 0.2) is 30.5 Å². The molecule has 1 aromatic heterocycles. The van der Waals surface area contributed by atoms with E-state index in [1.165, 1.54) is 0 Å². The Balaban J connectivity index is 2.09. The van der Waals surface area contributed by atoms with Crippen LogP contribution in [0.4, 0.5) is 0 Å². The van der Waals surface area contributed by atoms with E-state index in [2.05, 4.69) is 20.5 Å². The number of thioether (sulfide) groups is 1. The fraction of sp³-hybridized carbons (Fsp3) is 0.562. The number of para-hydroxylation sites is 1. The molecule has 1 saturated heterocycles. The van der Waals surface area contributed by atoms with E-state index in [0.717, 1.165) is 10.9 Å². The molecule has 53 heavy (non-hydrogen) atoms. The van der Waals surface area contributed by atoms with Crippen LogP contribution < -0.4 is 10.8 Å². The van der Waals surface area contributed by atoms with Gasteiger partial charge in [0, 0.05) is 62.4 Å². The molecule has 0 radical (unpaired) electrons. The molecule has 0 saturated carbocycles. The van der Waals surface area contributed by atoms with Crippen molar-refractivity contribution in [2.45, 2.75) is 108 Å². The van der Waals surface area contributed by atoms with Gasteiger partial charge in [0.25, 0.3) is 0 Å². The molecular formula is C32H43N3O17S. The Bertz CT molecular complexity index is 1780. The van der Waals surface area contributed by atoms with E-state index in [-0.39, 0.29) is 18.2 Å². The molecule has 8 atom stereocenters. The second kappa shape index (κ2) is 16.8. The van der Waals surface area contributed by atoms with Crippen LogP contribution in [0, 0.1) is 0 Å². The number of H-pyrrole nitrogens is 1. The number of aliphatic hydroxyl groups is 4. The molecule has 20 nitrogen and oxygen atoms in total. The van der Waals surface area contributed by atoms with Gasteiger partial charge in [-0.25, -0.2) is 4.79 Å². The summed E-state index contributed by atoms with van der Waals surface area (Å²) in [5.74, 6) is -23.3. The number of hydrogen-bond donors (Lipinski definition) is 8. The van der Waals surface area contributed by atoms with E-state index in [9.17, 15) is 54.3 Å². The number of carbonyl (C=O) groups excluding carboxylic acids is 5. The highest BCUT2D eigenvalue weighted by Gasteiger charge is 2.81. The maximum Gasteiger partial charge on any atom is 0.350 e. The van der Waals surface area contributed by atoms with Crippen molar-refractivity contribution >= 4 is 58.4 Å². The first-order chi connectivity index (χ1) is 26.6. The zero-order chi connectivity index (χ0) is 42.9. The van der Waals surface area contributed by atoms with Crippen molar-refractivity contribution in [2.75, 3.05) is 5.75 Å². The first-order valence-corrected chi connectivity index (χ1v) is 16.3. The summed E-state index contributed by atoms with van der Waals surface area (Å²) in [7, 11) is 0. The van der Waals surface area contributed by atoms with Crippen molar-refractivity contribution < 1.29 is 88.3 Å². The molecule has 294 valence electrons. The first-order valence-electron chi connectivity index (χ1n) is 18.1. The molecule has 2 unspecified atom stereocenters. The Labute approximate surface area is 311 Å². The van der Waals surface area contributed by atoms with Crippen LogP contribution in [0.5, 0.6) is 0 Å². The molecule has 1 aromatic carbocycles. The molecule has 0 spiro atoms. The Kier molecular flexibility index (Phi) is 11.7. The summed E-state index contributed by atoms with van der Waals surface area (Å²) in [6, 6.07) is 3.88. The number of hydrogen-bond acceptors (Lipinski definition) is 18. The zero-order valence-corrected chi connectivity index (χ0v) is 29.4. The van der Waals surface area contributed by atoms with Gasteiger partial charge in [0.15, 0.2) is 11.5 Å². The molecule has 8 N–H and O–H groups in total. The number of aromatic nitrogens is 1. The van der Waals surface area contributed by atoms with E-state index >= 15 is 0 Å². The number of fused-ring (bicyclic) bond motifs is 1. The number of aromatic amines is 1. The Morgan fingerprint density at radius 1 is 0.943 bits per heavy atom. The Morgan fingerprint density at radius 3 is 2.15 bits per heavy atom. The van der Waals surface area contributed by atoms with Crippen LogP contribution >= 0.6 is 11.8 Å². The van der Waals surface area contributed by atoms with Crippen molar-refractivity contribution in [3.8, 4) is 0 Å². The van der Waals surface area contributed by atoms with Crippen molar-refractivity contribution in [1.29, 1.82) is 0 Å². The number of ether oxygens (including phenoxy) is 5. The minimum absolute atomic E-state index is 0.0416. The second-order valence-electron chi connectivity index (χ2n) is 12.4. The van der Waals surface area contributed by atoms with Crippen LogP contribution in [0.1, 0.15) is 59.4 Å². The van der Waals surface area contributed by atoms with Crippen molar-refractivity contribution in [3.05, 3.63) is 36.0 Å². The van der Waals surface area contributed by atoms with E-state index in [0.29, 0.717) is 5.56 Å². The standard InChI is InChI=1S/C32H43N3O17S/c1-15(36)47-27(43)24-30(44,49-16(2)37)32(46,51-18(4)39)31(45,50-17(3)38)28(48-24)53-14-23(26(41)42)34-25(40)22(35-52-29(5,6)7)12-19-13-33-21-11-9-8-10-20(19)21/h8-11,13,22-24,27-28,33,35,43-46H,12,14H2,1-7H3,(H,34,40)(H,41,42)/t22-,23-,24+,27?,28?,30-,31+,32+/m0/s1/i1D,2D,3D,4D. The summed E-state index contributed by atoms with van der Waals surface area (Å²) >= 11 is 0.0416. The molecule has 1 fully saturated rings. The summed E-state index contributed by atoms with van der Waals surface area (Å²) in [6.07, 6.45) is -4.25. The van der Waals surface area contributed by atoms with Crippen LogP contribution in [-0.4, -0.2) is 125 Å². The molecule has 2 aromatic rings. The molecule has 1 amide bonds. The third-order valence-electron chi connectivity index (χ3n) is 7.21. The zero-order valence-electron chi connectivity index (χ0n) is 32.6. The smallest absolute Gasteiger partial charge is 0.350 e. The molecule has 1 aliphatic rings. The van der Waals surface area contributed by atoms with E-state index in [4.69, 9.17) is 29.3 Å². The SMILES string of the molecule is [2H]CC(=O)OC(O)[C@H]1OC(SC[C@H](NC(=O)[C@H](Cc2c[nH]c3ccccc23)NOC(C)(C)C)C(=O)O)[C@@](O)(OC(=O)C[2H])[C@](O)(OC(=O)C[2H])[C@@]1(O)OC(=O)C[2H]. The Morgan fingerprint density at radius 2 is 1.55 bits per heavy atom. The predicted molar refractivity (Wildman–Crippen MR) is 178 cm³/mol. The number of nitrogens with one attached hydrogen (secondary N) is 3. The van der Waals surface area contributed by atoms with Gasteiger partial charge >= 0.3 is 47.2 Å². The fourth-order valence-corrected chi connectivity index (χ4v) is 6.25. The van der Waals surface area contributed by atoms with Gasteiger partial charge in [-0.3, -0.25) is 28.8 Å². The lowest BCUT2D eigenvalue weighted by Gasteiger charge is -2.56. The van der Waals surface area contributed by atoms with Gasteiger partial charge < -0.3 is 59.5 Å². The van der Waals surface area contributed by atoms with Crippen LogP contribution in [0.25, 0.3) is 10.9 Å². The van der Waals surface area contributed by atoms with Gasteiger partial charge in [0.2, 0.25) is 12.2 Å². The molecule has 3 rings (SSSR count). The number of esters is 4. The van der Waals surface area contributed by atoms with Gasteiger partial charge in [-0.05, 0) is 32.4 Å². The lowest BCUT2D eigenvalue weighted by molar-refractivity contribution is -0.509. The third kappa shape index (κ3) is 10.00. The van der Waals surface area contributed by atoms with Crippen molar-refractivity contribution in [1.82, 2.24) is 15.8 Å². The normalized spacial score (nSPS) is 27.1. The number of rotatable bonds is 15. The topological polar surface area (TPSA) is 299 Å². The number of hydroxylamine groups is 1. The maximum atomic E-state index is 13.7. The second-order valence-corrected chi connectivity index (χ2v) is 13.5. The van der Waals surface area contributed by atoms with Gasteiger partial charge in [-0.1, -0.05) is 18.2 Å². The number of aliphatic carboxylic acids is 1. The highest BCUT2D eigenvalue weighted by Crippen LogP contribution is 2.51. The summed E-state index contributed by atoms with van der Waals surface area (Å²) in [6.45, 7) is -0.293. The van der Waals surface area contributed by atoms with Gasteiger partial charge in [-0.15, -0.1) is 11.8 Å². The Hall–Kier alpha value is -4.35. The number of amides is 1. The third-order valence-corrected chi connectivity index (χ3v) is 8.47.